The Hall–Kier alpha value is -0.720. The SMILES string of the molecule is O=C1C2CC(F)CCC2NC2N1CC[C@H]1COCCN21. The van der Waals surface area contributed by atoms with Gasteiger partial charge in [0, 0.05) is 25.2 Å². The van der Waals surface area contributed by atoms with Crippen molar-refractivity contribution in [3.63, 3.8) is 0 Å². The Morgan fingerprint density at radius 2 is 2.15 bits per heavy atom. The number of ether oxygens (including phenoxy) is 1. The minimum absolute atomic E-state index is 0.00237. The number of morpholine rings is 1. The smallest absolute Gasteiger partial charge is 0.229 e. The van der Waals surface area contributed by atoms with E-state index in [-0.39, 0.29) is 24.2 Å². The van der Waals surface area contributed by atoms with Gasteiger partial charge < -0.3 is 9.64 Å². The maximum atomic E-state index is 13.6. The van der Waals surface area contributed by atoms with Gasteiger partial charge in [-0.25, -0.2) is 4.39 Å². The summed E-state index contributed by atoms with van der Waals surface area (Å²) in [5.41, 5.74) is 0. The third kappa shape index (κ3) is 1.96. The molecular weight excluding hydrogens is 261 g/mol. The van der Waals surface area contributed by atoms with E-state index >= 15 is 0 Å². The first kappa shape index (κ1) is 13.0. The number of amides is 1. The van der Waals surface area contributed by atoms with Crippen molar-refractivity contribution in [2.24, 2.45) is 5.92 Å². The normalized spacial score (nSPS) is 45.5. The minimum Gasteiger partial charge on any atom is -0.378 e. The molecule has 3 aliphatic heterocycles. The topological polar surface area (TPSA) is 44.8 Å². The average Bonchev–Trinajstić information content (AvgIpc) is 2.48. The molecule has 5 nitrogen and oxygen atoms in total. The number of hydrogen-bond acceptors (Lipinski definition) is 4. The van der Waals surface area contributed by atoms with Crippen LogP contribution >= 0.6 is 0 Å². The highest BCUT2D eigenvalue weighted by Crippen LogP contribution is 2.35. The van der Waals surface area contributed by atoms with E-state index in [0.29, 0.717) is 18.9 Å². The molecule has 0 aromatic heterocycles. The third-order valence-electron chi connectivity index (χ3n) is 5.34. The largest absolute Gasteiger partial charge is 0.378 e. The lowest BCUT2D eigenvalue weighted by Gasteiger charge is -2.56. The van der Waals surface area contributed by atoms with Crippen molar-refractivity contribution in [2.75, 3.05) is 26.3 Å². The summed E-state index contributed by atoms with van der Waals surface area (Å²) in [6.07, 6.45) is 1.91. The fraction of sp³-hybridized carbons (Fsp3) is 0.929. The Balaban J connectivity index is 1.56. The van der Waals surface area contributed by atoms with Gasteiger partial charge in [0.25, 0.3) is 0 Å². The summed E-state index contributed by atoms with van der Waals surface area (Å²) in [5, 5.41) is 3.62. The summed E-state index contributed by atoms with van der Waals surface area (Å²) in [5.74, 6) is -0.00127. The molecule has 5 atom stereocenters. The number of nitrogens with one attached hydrogen (secondary N) is 1. The standard InChI is InChI=1S/C14H22FN3O2/c15-9-1-2-12-11(7-9)13(19)18-4-3-10-8-20-6-5-17(10)14(18)16-12/h9-12,14,16H,1-8H2/t9?,10-,11?,12?,14?/m0/s1. The molecule has 3 saturated heterocycles. The first-order valence-corrected chi connectivity index (χ1v) is 7.78. The van der Waals surface area contributed by atoms with Crippen molar-refractivity contribution in [1.82, 2.24) is 15.1 Å². The van der Waals surface area contributed by atoms with Gasteiger partial charge in [0.05, 0.1) is 19.1 Å². The molecule has 6 heteroatoms. The second kappa shape index (κ2) is 4.93. The third-order valence-corrected chi connectivity index (χ3v) is 5.34. The maximum absolute atomic E-state index is 13.6. The number of fused-ring (bicyclic) bond motifs is 4. The molecule has 4 aliphatic rings. The molecule has 4 rings (SSSR count). The van der Waals surface area contributed by atoms with Gasteiger partial charge in [0.2, 0.25) is 5.91 Å². The molecular formula is C14H22FN3O2. The molecule has 0 radical (unpaired) electrons. The Kier molecular flexibility index (Phi) is 3.20. The zero-order valence-corrected chi connectivity index (χ0v) is 11.6. The van der Waals surface area contributed by atoms with Gasteiger partial charge in [0.15, 0.2) is 0 Å². The summed E-state index contributed by atoms with van der Waals surface area (Å²) in [6, 6.07) is 0.566. The molecule has 3 heterocycles. The highest BCUT2D eigenvalue weighted by molar-refractivity contribution is 5.81. The lowest BCUT2D eigenvalue weighted by Crippen LogP contribution is -2.74. The van der Waals surface area contributed by atoms with Crippen LogP contribution in [-0.4, -0.2) is 66.6 Å². The first-order chi connectivity index (χ1) is 9.74. The van der Waals surface area contributed by atoms with Gasteiger partial charge >= 0.3 is 0 Å². The van der Waals surface area contributed by atoms with Crippen LogP contribution in [0.2, 0.25) is 0 Å². The molecule has 4 unspecified atom stereocenters. The minimum atomic E-state index is -0.806. The fourth-order valence-electron chi connectivity index (χ4n) is 4.24. The van der Waals surface area contributed by atoms with E-state index in [1.165, 1.54) is 0 Å². The number of nitrogens with zero attached hydrogens (tertiary/aromatic N) is 2. The molecule has 0 aromatic carbocycles. The lowest BCUT2D eigenvalue weighted by molar-refractivity contribution is -0.175. The van der Waals surface area contributed by atoms with Crippen molar-refractivity contribution in [3.05, 3.63) is 0 Å². The van der Waals surface area contributed by atoms with Crippen LogP contribution in [0.3, 0.4) is 0 Å². The molecule has 4 fully saturated rings. The number of alkyl halides is 1. The predicted octanol–water partition coefficient (Wildman–Crippen LogP) is 0.313. The summed E-state index contributed by atoms with van der Waals surface area (Å²) in [6.45, 7) is 3.13. The zero-order chi connectivity index (χ0) is 13.7. The maximum Gasteiger partial charge on any atom is 0.229 e. The molecule has 1 saturated carbocycles. The van der Waals surface area contributed by atoms with Crippen molar-refractivity contribution in [1.29, 1.82) is 0 Å². The Labute approximate surface area is 118 Å². The number of rotatable bonds is 0. The summed E-state index contributed by atoms with van der Waals surface area (Å²) in [4.78, 5) is 17.0. The van der Waals surface area contributed by atoms with Gasteiger partial charge in [-0.1, -0.05) is 0 Å². The van der Waals surface area contributed by atoms with Crippen LogP contribution in [0.1, 0.15) is 25.7 Å². The van der Waals surface area contributed by atoms with Crippen LogP contribution in [0.15, 0.2) is 0 Å². The molecule has 20 heavy (non-hydrogen) atoms. The molecule has 1 amide bonds. The first-order valence-electron chi connectivity index (χ1n) is 7.78. The van der Waals surface area contributed by atoms with Gasteiger partial charge in [-0.2, -0.15) is 0 Å². The molecule has 0 aromatic rings. The van der Waals surface area contributed by atoms with E-state index in [4.69, 9.17) is 4.74 Å². The Morgan fingerprint density at radius 1 is 1.25 bits per heavy atom. The number of halogens is 1. The van der Waals surface area contributed by atoms with Crippen molar-refractivity contribution >= 4 is 5.91 Å². The molecule has 1 aliphatic carbocycles. The molecule has 112 valence electrons. The van der Waals surface area contributed by atoms with Gasteiger partial charge in [-0.05, 0) is 25.7 Å². The quantitative estimate of drug-likeness (QED) is 0.695. The van der Waals surface area contributed by atoms with E-state index in [1.807, 2.05) is 4.90 Å². The average molecular weight is 283 g/mol. The van der Waals surface area contributed by atoms with Crippen LogP contribution in [-0.2, 0) is 9.53 Å². The summed E-state index contributed by atoms with van der Waals surface area (Å²) < 4.78 is 19.1. The van der Waals surface area contributed by atoms with Crippen molar-refractivity contribution < 1.29 is 13.9 Å². The van der Waals surface area contributed by atoms with E-state index in [0.717, 1.165) is 39.1 Å². The van der Waals surface area contributed by atoms with Crippen LogP contribution in [0, 0.1) is 5.92 Å². The van der Waals surface area contributed by atoms with E-state index in [1.54, 1.807) is 0 Å². The highest BCUT2D eigenvalue weighted by atomic mass is 19.1. The fourth-order valence-corrected chi connectivity index (χ4v) is 4.24. The van der Waals surface area contributed by atoms with E-state index < -0.39 is 6.17 Å². The Morgan fingerprint density at radius 3 is 3.05 bits per heavy atom. The van der Waals surface area contributed by atoms with Crippen LogP contribution in [0.25, 0.3) is 0 Å². The second-order valence-corrected chi connectivity index (χ2v) is 6.45. The number of carbonyl (C=O) groups is 1. The van der Waals surface area contributed by atoms with Gasteiger partial charge in [0.1, 0.15) is 12.5 Å². The van der Waals surface area contributed by atoms with Gasteiger partial charge in [-0.3, -0.25) is 15.0 Å². The highest BCUT2D eigenvalue weighted by Gasteiger charge is 2.49. The molecule has 0 spiro atoms. The van der Waals surface area contributed by atoms with Crippen LogP contribution in [0.4, 0.5) is 4.39 Å². The van der Waals surface area contributed by atoms with E-state index in [2.05, 4.69) is 10.2 Å². The zero-order valence-electron chi connectivity index (χ0n) is 11.6. The van der Waals surface area contributed by atoms with Crippen LogP contribution in [0.5, 0.6) is 0 Å². The van der Waals surface area contributed by atoms with Crippen LogP contribution < -0.4 is 5.32 Å². The summed E-state index contributed by atoms with van der Waals surface area (Å²) >= 11 is 0. The number of hydrogen-bond donors (Lipinski definition) is 1. The van der Waals surface area contributed by atoms with Gasteiger partial charge in [-0.15, -0.1) is 0 Å². The predicted molar refractivity (Wildman–Crippen MR) is 70.6 cm³/mol. The van der Waals surface area contributed by atoms with Crippen molar-refractivity contribution in [3.8, 4) is 0 Å². The molecule has 1 N–H and O–H groups in total. The Bertz CT molecular complexity index is 408. The second-order valence-electron chi connectivity index (χ2n) is 6.45. The monoisotopic (exact) mass is 283 g/mol. The lowest BCUT2D eigenvalue weighted by atomic mass is 9.80. The molecule has 0 bridgehead atoms. The van der Waals surface area contributed by atoms with E-state index in [9.17, 15) is 9.18 Å². The number of carbonyl (C=O) groups excluding carboxylic acids is 1. The summed E-state index contributed by atoms with van der Waals surface area (Å²) in [7, 11) is 0. The van der Waals surface area contributed by atoms with Crippen molar-refractivity contribution in [2.45, 2.75) is 50.2 Å².